The molecule has 0 heterocycles. The van der Waals surface area contributed by atoms with E-state index < -0.39 is 97.5 Å². The fourth-order valence-electron chi connectivity index (χ4n) is 9.56. The van der Waals surface area contributed by atoms with Crippen molar-refractivity contribution in [3.63, 3.8) is 0 Å². The molecule has 5 atom stereocenters. The Morgan fingerprint density at radius 1 is 0.302 bits per heavy atom. The highest BCUT2D eigenvalue weighted by Gasteiger charge is 2.30. The fourth-order valence-corrected chi connectivity index (χ4v) is 11.1. The number of hydrogen-bond donors (Lipinski definition) is 3. The zero-order valence-corrected chi connectivity index (χ0v) is 61.8. The summed E-state index contributed by atoms with van der Waals surface area (Å²) < 4.78 is 68.2. The first-order valence-electron chi connectivity index (χ1n) is 37.1. The van der Waals surface area contributed by atoms with Crippen LogP contribution in [0.4, 0.5) is 0 Å². The third-order valence-corrected chi connectivity index (χ3v) is 17.1. The molecule has 0 bridgehead atoms. The van der Waals surface area contributed by atoms with E-state index in [0.717, 1.165) is 148 Å². The summed E-state index contributed by atoms with van der Waals surface area (Å²) in [5, 5.41) is 10.6. The first kappa shape index (κ1) is 91.7. The van der Waals surface area contributed by atoms with Crippen molar-refractivity contribution in [1.82, 2.24) is 0 Å². The molecule has 0 aromatic rings. The van der Waals surface area contributed by atoms with E-state index in [1.54, 1.807) is 0 Å². The maximum absolute atomic E-state index is 13.1. The number of aliphatic hydroxyl groups excluding tert-OH is 1. The Bertz CT molecular complexity index is 2250. The number of aliphatic hydroxyl groups is 1. The first-order chi connectivity index (χ1) is 46.7. The second-order valence-corrected chi connectivity index (χ2v) is 27.4. The van der Waals surface area contributed by atoms with E-state index in [4.69, 9.17) is 37.0 Å². The molecule has 0 aromatic heterocycles. The third kappa shape index (κ3) is 68.3. The van der Waals surface area contributed by atoms with Crippen molar-refractivity contribution in [2.45, 2.75) is 316 Å². The van der Waals surface area contributed by atoms with E-state index in [1.807, 2.05) is 18.2 Å². The standard InChI is InChI=1S/C77H132O17P2/c1-5-9-13-17-21-25-29-32-33-34-35-36-37-40-43-46-50-54-58-62-75(80)88-68-73(94-77(82)64-60-56-52-48-44-39-31-27-23-19-15-11-7-3)70-92-96(85,86)90-66-71(78)65-89-95(83,84)91-69-72(93-76(81)63-59-55-51-47-41-28-24-20-16-12-8-4)67-87-74(79)61-57-53-49-45-42-38-30-26-22-18-14-10-6-2/h9,13-14,18,20-21,24-26,30,32-33,35-36,40,43,50,54,71-73,78H,5-8,10-12,15-17,19,22-23,27-29,31,34,37-39,41-42,44-49,51-53,55-70H2,1-4H3,(H,83,84)(H,85,86)/b13-9-,18-14-,24-20-,25-21-,30-26-,33-32-,36-35-,43-40-,54-50-. The molecule has 0 aliphatic carbocycles. The molecular weight excluding hydrogens is 1260 g/mol. The van der Waals surface area contributed by atoms with Crippen LogP contribution < -0.4 is 0 Å². The smallest absolute Gasteiger partial charge is 0.462 e. The molecule has 3 N–H and O–H groups in total. The SMILES string of the molecule is CC/C=C\C/C=C\C/C=C\C/C=C\C/C=C\C/C=C\CCC(=O)OCC(COP(=O)(O)OCC(O)COP(=O)(O)OCC(COC(=O)CCCCCCC/C=C\C/C=C\CCC)OC(=O)CCCCCCC/C=C\CCCC)OC(=O)CCCCCCCCCCCCCCC. The van der Waals surface area contributed by atoms with Gasteiger partial charge in [0.2, 0.25) is 0 Å². The van der Waals surface area contributed by atoms with Crippen molar-refractivity contribution in [3.05, 3.63) is 109 Å². The van der Waals surface area contributed by atoms with Crippen LogP contribution >= 0.6 is 15.6 Å². The van der Waals surface area contributed by atoms with Gasteiger partial charge in [-0.15, -0.1) is 0 Å². The second-order valence-electron chi connectivity index (χ2n) is 24.5. The normalized spacial score (nSPS) is 14.6. The van der Waals surface area contributed by atoms with Gasteiger partial charge in [0.15, 0.2) is 12.2 Å². The van der Waals surface area contributed by atoms with Gasteiger partial charge in [0.25, 0.3) is 0 Å². The number of rotatable bonds is 69. The van der Waals surface area contributed by atoms with Gasteiger partial charge in [0.1, 0.15) is 19.3 Å². The van der Waals surface area contributed by atoms with Crippen LogP contribution in [0.2, 0.25) is 0 Å². The summed E-state index contributed by atoms with van der Waals surface area (Å²) in [5.41, 5.74) is 0. The minimum Gasteiger partial charge on any atom is -0.462 e. The highest BCUT2D eigenvalue weighted by molar-refractivity contribution is 7.47. The third-order valence-electron chi connectivity index (χ3n) is 15.2. The molecule has 0 fully saturated rings. The van der Waals surface area contributed by atoms with E-state index >= 15 is 0 Å². The van der Waals surface area contributed by atoms with Crippen LogP contribution in [-0.4, -0.2) is 96.7 Å². The van der Waals surface area contributed by atoms with Gasteiger partial charge in [-0.05, 0) is 109 Å². The van der Waals surface area contributed by atoms with Crippen LogP contribution in [0.25, 0.3) is 0 Å². The predicted molar refractivity (Wildman–Crippen MR) is 390 cm³/mol. The lowest BCUT2D eigenvalue weighted by Crippen LogP contribution is -2.30. The number of phosphoric ester groups is 2. The minimum atomic E-state index is -4.99. The molecule has 0 saturated heterocycles. The van der Waals surface area contributed by atoms with Crippen LogP contribution in [0.5, 0.6) is 0 Å². The Hall–Kier alpha value is -4.28. The van der Waals surface area contributed by atoms with Gasteiger partial charge in [-0.25, -0.2) is 9.13 Å². The topological polar surface area (TPSA) is 237 Å². The molecule has 552 valence electrons. The molecule has 0 aliphatic heterocycles. The van der Waals surface area contributed by atoms with Gasteiger partial charge in [-0.3, -0.25) is 37.3 Å². The van der Waals surface area contributed by atoms with Gasteiger partial charge in [0.05, 0.1) is 26.4 Å². The average Bonchev–Trinajstić information content (AvgIpc) is 1.17. The number of unbranched alkanes of at least 4 members (excludes halogenated alkanes) is 25. The zero-order valence-electron chi connectivity index (χ0n) is 60.0. The molecule has 0 saturated carbocycles. The summed E-state index contributed by atoms with van der Waals surface area (Å²) in [6.07, 6.45) is 72.5. The van der Waals surface area contributed by atoms with E-state index in [-0.39, 0.29) is 25.7 Å². The van der Waals surface area contributed by atoms with Crippen molar-refractivity contribution in [3.8, 4) is 0 Å². The van der Waals surface area contributed by atoms with E-state index in [9.17, 15) is 43.2 Å². The summed E-state index contributed by atoms with van der Waals surface area (Å²) in [6.45, 7) is 4.54. The lowest BCUT2D eigenvalue weighted by atomic mass is 10.0. The molecule has 0 aliphatic rings. The Balaban J connectivity index is 5.38. The molecule has 0 aromatic carbocycles. The van der Waals surface area contributed by atoms with Crippen LogP contribution in [0.3, 0.4) is 0 Å². The van der Waals surface area contributed by atoms with E-state index in [2.05, 4.69) is 119 Å². The van der Waals surface area contributed by atoms with E-state index in [1.165, 1.54) is 64.2 Å². The average molecular weight is 1390 g/mol. The summed E-state index contributed by atoms with van der Waals surface area (Å²) in [7, 11) is -9.96. The summed E-state index contributed by atoms with van der Waals surface area (Å²) >= 11 is 0. The lowest BCUT2D eigenvalue weighted by Gasteiger charge is -2.21. The predicted octanol–water partition coefficient (Wildman–Crippen LogP) is 21.0. The van der Waals surface area contributed by atoms with Gasteiger partial charge < -0.3 is 33.8 Å². The van der Waals surface area contributed by atoms with Gasteiger partial charge in [-0.2, -0.15) is 0 Å². The van der Waals surface area contributed by atoms with Crippen molar-refractivity contribution in [1.29, 1.82) is 0 Å². The van der Waals surface area contributed by atoms with Crippen LogP contribution in [0, 0.1) is 0 Å². The molecule has 0 spiro atoms. The Morgan fingerprint density at radius 3 is 0.979 bits per heavy atom. The van der Waals surface area contributed by atoms with Crippen molar-refractivity contribution < 1.29 is 80.2 Å². The Labute approximate surface area is 581 Å². The molecule has 0 amide bonds. The molecule has 17 nitrogen and oxygen atoms in total. The quantitative estimate of drug-likeness (QED) is 0.0169. The van der Waals surface area contributed by atoms with Crippen LogP contribution in [0.1, 0.15) is 297 Å². The number of phosphoric acid groups is 2. The van der Waals surface area contributed by atoms with Gasteiger partial charge in [0, 0.05) is 25.7 Å². The fraction of sp³-hybridized carbons (Fsp3) is 0.714. The molecular formula is C77H132O17P2. The number of esters is 4. The van der Waals surface area contributed by atoms with Gasteiger partial charge in [-0.1, -0.05) is 272 Å². The Morgan fingerprint density at radius 2 is 0.594 bits per heavy atom. The van der Waals surface area contributed by atoms with Crippen molar-refractivity contribution in [2.75, 3.05) is 39.6 Å². The van der Waals surface area contributed by atoms with Crippen molar-refractivity contribution in [2.24, 2.45) is 0 Å². The lowest BCUT2D eigenvalue weighted by molar-refractivity contribution is -0.161. The number of allylic oxidation sites excluding steroid dienone is 18. The highest BCUT2D eigenvalue weighted by Crippen LogP contribution is 2.45. The van der Waals surface area contributed by atoms with E-state index in [0.29, 0.717) is 32.1 Å². The van der Waals surface area contributed by atoms with Crippen molar-refractivity contribution >= 4 is 39.5 Å². The monoisotopic (exact) mass is 1390 g/mol. The molecule has 96 heavy (non-hydrogen) atoms. The molecule has 5 unspecified atom stereocenters. The highest BCUT2D eigenvalue weighted by atomic mass is 31.2. The Kier molecular flexibility index (Phi) is 66.1. The second kappa shape index (κ2) is 69.2. The number of carbonyl (C=O) groups excluding carboxylic acids is 4. The number of ether oxygens (including phenoxy) is 4. The summed E-state index contributed by atoms with van der Waals surface area (Å²) in [5.74, 6) is -2.29. The van der Waals surface area contributed by atoms with Crippen LogP contribution in [0.15, 0.2) is 109 Å². The molecule has 0 radical (unpaired) electrons. The van der Waals surface area contributed by atoms with Crippen LogP contribution in [-0.2, 0) is 65.4 Å². The first-order valence-corrected chi connectivity index (χ1v) is 40.1. The summed E-state index contributed by atoms with van der Waals surface area (Å²) in [4.78, 5) is 72.6. The maximum Gasteiger partial charge on any atom is 0.472 e. The molecule has 19 heteroatoms. The molecule has 0 rings (SSSR count). The summed E-state index contributed by atoms with van der Waals surface area (Å²) in [6, 6.07) is 0. The van der Waals surface area contributed by atoms with Gasteiger partial charge >= 0.3 is 39.5 Å². The minimum absolute atomic E-state index is 0.0367. The maximum atomic E-state index is 13.1. The zero-order chi connectivity index (χ0) is 70.4. The number of hydrogen-bond acceptors (Lipinski definition) is 15. The number of carbonyl (C=O) groups is 4. The largest absolute Gasteiger partial charge is 0.472 e.